The quantitative estimate of drug-likeness (QED) is 0.913. The number of anilines is 1. The maximum atomic E-state index is 5.40. The van der Waals surface area contributed by atoms with E-state index >= 15 is 0 Å². The Kier molecular flexibility index (Phi) is 4.97. The van der Waals surface area contributed by atoms with Gasteiger partial charge >= 0.3 is 0 Å². The first-order chi connectivity index (χ1) is 9.81. The number of nitrogens with one attached hydrogen (secondary N) is 1. The molecule has 0 aliphatic carbocycles. The van der Waals surface area contributed by atoms with E-state index in [2.05, 4.69) is 50.4 Å². The average Bonchev–Trinajstić information content (AvgIpc) is 2.95. The Morgan fingerprint density at radius 3 is 2.90 bits per heavy atom. The molecule has 2 aliphatic heterocycles. The lowest BCUT2D eigenvalue weighted by Crippen LogP contribution is -2.38. The Morgan fingerprint density at radius 1 is 1.25 bits per heavy atom. The molecule has 3 rings (SSSR count). The first-order valence-corrected chi connectivity index (χ1v) is 8.42. The molecule has 4 heteroatoms. The van der Waals surface area contributed by atoms with Crippen LogP contribution in [0.2, 0.25) is 0 Å². The van der Waals surface area contributed by atoms with Crippen molar-refractivity contribution >= 4 is 21.6 Å². The molecule has 2 heterocycles. The summed E-state index contributed by atoms with van der Waals surface area (Å²) in [5.41, 5.74) is 1.34. The third kappa shape index (κ3) is 3.74. The van der Waals surface area contributed by atoms with Gasteiger partial charge in [-0.1, -0.05) is 22.0 Å². The molecule has 2 saturated heterocycles. The zero-order valence-corrected chi connectivity index (χ0v) is 13.4. The highest BCUT2D eigenvalue weighted by Crippen LogP contribution is 2.26. The van der Waals surface area contributed by atoms with Gasteiger partial charge in [0.1, 0.15) is 0 Å². The summed E-state index contributed by atoms with van der Waals surface area (Å²) in [6, 6.07) is 9.30. The van der Waals surface area contributed by atoms with E-state index in [4.69, 9.17) is 4.74 Å². The normalized spacial score (nSPS) is 24.2. The van der Waals surface area contributed by atoms with Gasteiger partial charge < -0.3 is 15.0 Å². The molecule has 1 aromatic rings. The molecule has 0 bridgehead atoms. The molecule has 0 saturated carbocycles. The van der Waals surface area contributed by atoms with E-state index < -0.39 is 0 Å². The molecule has 2 fully saturated rings. The van der Waals surface area contributed by atoms with Gasteiger partial charge in [-0.3, -0.25) is 0 Å². The Bertz CT molecular complexity index is 434. The van der Waals surface area contributed by atoms with E-state index in [9.17, 15) is 0 Å². The summed E-state index contributed by atoms with van der Waals surface area (Å²) < 4.78 is 6.57. The molecule has 110 valence electrons. The smallest absolute Gasteiger partial charge is 0.0480 e. The average molecular weight is 339 g/mol. The molecule has 0 spiro atoms. The number of ether oxygens (including phenoxy) is 1. The van der Waals surface area contributed by atoms with Gasteiger partial charge in [-0.2, -0.15) is 0 Å². The summed E-state index contributed by atoms with van der Waals surface area (Å²) in [7, 11) is 0. The van der Waals surface area contributed by atoms with Gasteiger partial charge in [0.2, 0.25) is 0 Å². The zero-order chi connectivity index (χ0) is 13.8. The molecule has 2 aliphatic rings. The maximum Gasteiger partial charge on any atom is 0.0480 e. The van der Waals surface area contributed by atoms with E-state index in [1.165, 1.54) is 42.5 Å². The minimum absolute atomic E-state index is 0.670. The van der Waals surface area contributed by atoms with E-state index in [1.54, 1.807) is 0 Å². The molecule has 1 atom stereocenters. The van der Waals surface area contributed by atoms with Crippen molar-refractivity contribution < 1.29 is 4.74 Å². The minimum Gasteiger partial charge on any atom is -0.381 e. The van der Waals surface area contributed by atoms with Crippen molar-refractivity contribution in [2.75, 3.05) is 37.7 Å². The van der Waals surface area contributed by atoms with Crippen LogP contribution in [0.1, 0.15) is 19.3 Å². The summed E-state index contributed by atoms with van der Waals surface area (Å²) >= 11 is 3.56. The standard InChI is InChI=1S/C16H23BrN2O/c17-14-2-1-3-16(10-14)19-7-4-13(12-19)11-18-15-5-8-20-9-6-15/h1-3,10,13,15,18H,4-9,11-12H2/t13-/m0/s1. The molecular weight excluding hydrogens is 316 g/mol. The number of hydrogen-bond acceptors (Lipinski definition) is 3. The second-order valence-electron chi connectivity index (χ2n) is 5.88. The topological polar surface area (TPSA) is 24.5 Å². The van der Waals surface area contributed by atoms with Crippen LogP contribution in [0.25, 0.3) is 0 Å². The van der Waals surface area contributed by atoms with Crippen molar-refractivity contribution in [1.29, 1.82) is 0 Å². The van der Waals surface area contributed by atoms with Crippen LogP contribution in [-0.2, 0) is 4.74 Å². The van der Waals surface area contributed by atoms with Crippen molar-refractivity contribution in [2.45, 2.75) is 25.3 Å². The Balaban J connectivity index is 1.47. The van der Waals surface area contributed by atoms with Crippen LogP contribution in [0, 0.1) is 5.92 Å². The van der Waals surface area contributed by atoms with Crippen LogP contribution in [0.5, 0.6) is 0 Å². The van der Waals surface area contributed by atoms with Gasteiger partial charge in [0.05, 0.1) is 0 Å². The number of benzene rings is 1. The Morgan fingerprint density at radius 2 is 2.10 bits per heavy atom. The zero-order valence-electron chi connectivity index (χ0n) is 11.9. The highest BCUT2D eigenvalue weighted by atomic mass is 79.9. The van der Waals surface area contributed by atoms with Gasteiger partial charge in [0, 0.05) is 42.5 Å². The number of hydrogen-bond donors (Lipinski definition) is 1. The first kappa shape index (κ1) is 14.4. The molecule has 20 heavy (non-hydrogen) atoms. The van der Waals surface area contributed by atoms with Crippen LogP contribution in [0.15, 0.2) is 28.7 Å². The van der Waals surface area contributed by atoms with Gasteiger partial charge in [-0.15, -0.1) is 0 Å². The number of nitrogens with zero attached hydrogens (tertiary/aromatic N) is 1. The summed E-state index contributed by atoms with van der Waals surface area (Å²) in [6.45, 7) is 5.34. The predicted octanol–water partition coefficient (Wildman–Crippen LogP) is 3.04. The van der Waals surface area contributed by atoms with Crippen molar-refractivity contribution in [1.82, 2.24) is 5.32 Å². The van der Waals surface area contributed by atoms with Crippen LogP contribution in [0.3, 0.4) is 0 Å². The minimum atomic E-state index is 0.670. The number of rotatable bonds is 4. The van der Waals surface area contributed by atoms with Gasteiger partial charge in [-0.05, 0) is 49.9 Å². The molecule has 0 unspecified atom stereocenters. The van der Waals surface area contributed by atoms with Gasteiger partial charge in [0.15, 0.2) is 0 Å². The lowest BCUT2D eigenvalue weighted by atomic mass is 10.1. The van der Waals surface area contributed by atoms with Crippen molar-refractivity contribution in [2.24, 2.45) is 5.92 Å². The molecule has 0 radical (unpaired) electrons. The second kappa shape index (κ2) is 6.92. The highest BCUT2D eigenvalue weighted by Gasteiger charge is 2.24. The summed E-state index contributed by atoms with van der Waals surface area (Å²) in [5.74, 6) is 0.775. The molecule has 3 nitrogen and oxygen atoms in total. The lowest BCUT2D eigenvalue weighted by Gasteiger charge is -2.25. The van der Waals surface area contributed by atoms with Crippen LogP contribution < -0.4 is 10.2 Å². The fourth-order valence-electron chi connectivity index (χ4n) is 3.14. The summed E-state index contributed by atoms with van der Waals surface area (Å²) in [4.78, 5) is 2.50. The largest absolute Gasteiger partial charge is 0.381 e. The lowest BCUT2D eigenvalue weighted by molar-refractivity contribution is 0.0771. The SMILES string of the molecule is Brc1cccc(N2CC[C@@H](CNC3CCOCC3)C2)c1. The van der Waals surface area contributed by atoms with Crippen LogP contribution >= 0.6 is 15.9 Å². The molecule has 0 aromatic heterocycles. The molecule has 1 N–H and O–H groups in total. The van der Waals surface area contributed by atoms with Crippen LogP contribution in [-0.4, -0.2) is 38.9 Å². The van der Waals surface area contributed by atoms with E-state index in [0.717, 1.165) is 25.7 Å². The van der Waals surface area contributed by atoms with E-state index in [1.807, 2.05) is 0 Å². The summed E-state index contributed by atoms with van der Waals surface area (Å²) in [5, 5.41) is 3.73. The Labute approximate surface area is 129 Å². The highest BCUT2D eigenvalue weighted by molar-refractivity contribution is 9.10. The van der Waals surface area contributed by atoms with Gasteiger partial charge in [0.25, 0.3) is 0 Å². The monoisotopic (exact) mass is 338 g/mol. The van der Waals surface area contributed by atoms with Crippen molar-refractivity contribution in [3.63, 3.8) is 0 Å². The summed E-state index contributed by atoms with van der Waals surface area (Å²) in [6.07, 6.45) is 3.63. The maximum absolute atomic E-state index is 5.40. The fourth-order valence-corrected chi connectivity index (χ4v) is 3.53. The third-order valence-electron chi connectivity index (χ3n) is 4.38. The number of halogens is 1. The predicted molar refractivity (Wildman–Crippen MR) is 86.3 cm³/mol. The molecular formula is C16H23BrN2O. The van der Waals surface area contributed by atoms with E-state index in [0.29, 0.717) is 6.04 Å². The van der Waals surface area contributed by atoms with Crippen LogP contribution in [0.4, 0.5) is 5.69 Å². The molecule has 0 amide bonds. The first-order valence-electron chi connectivity index (χ1n) is 7.63. The van der Waals surface area contributed by atoms with Gasteiger partial charge in [-0.25, -0.2) is 0 Å². The Hall–Kier alpha value is -0.580. The second-order valence-corrected chi connectivity index (χ2v) is 6.79. The fraction of sp³-hybridized carbons (Fsp3) is 0.625. The van der Waals surface area contributed by atoms with E-state index in [-0.39, 0.29) is 0 Å². The van der Waals surface area contributed by atoms with Crippen molar-refractivity contribution in [3.05, 3.63) is 28.7 Å². The third-order valence-corrected chi connectivity index (χ3v) is 4.87. The molecule has 1 aromatic carbocycles. The van der Waals surface area contributed by atoms with Crippen molar-refractivity contribution in [3.8, 4) is 0 Å².